The van der Waals surface area contributed by atoms with Crippen LogP contribution in [0.4, 0.5) is 14.5 Å². The van der Waals surface area contributed by atoms with Gasteiger partial charge in [0, 0.05) is 12.6 Å². The zero-order chi connectivity index (χ0) is 18.9. The summed E-state index contributed by atoms with van der Waals surface area (Å²) in [6.07, 6.45) is 1.30. The van der Waals surface area contributed by atoms with Gasteiger partial charge in [0.15, 0.2) is 0 Å². The van der Waals surface area contributed by atoms with Gasteiger partial charge in [0.25, 0.3) is 5.91 Å². The molecule has 2 aromatic rings. The molecule has 1 amide bonds. The second-order valence-electron chi connectivity index (χ2n) is 5.69. The lowest BCUT2D eigenvalue weighted by Crippen LogP contribution is -2.31. The Bertz CT molecular complexity index is 933. The zero-order valence-electron chi connectivity index (χ0n) is 13.8. The Labute approximate surface area is 153 Å². The lowest BCUT2D eigenvalue weighted by atomic mass is 10.2. The van der Waals surface area contributed by atoms with Gasteiger partial charge in [-0.15, -0.1) is 10.2 Å². The van der Waals surface area contributed by atoms with Gasteiger partial charge >= 0.3 is 0 Å². The monoisotopic (exact) mass is 402 g/mol. The number of anilines is 1. The number of aromatic nitrogens is 2. The molecule has 1 saturated heterocycles. The minimum absolute atomic E-state index is 0.0144. The Morgan fingerprint density at radius 2 is 2.15 bits per heavy atom. The lowest BCUT2D eigenvalue weighted by molar-refractivity contribution is 0.102. The molecule has 0 aliphatic carbocycles. The summed E-state index contributed by atoms with van der Waals surface area (Å²) in [5.41, 5.74) is -0.177. The fourth-order valence-electron chi connectivity index (χ4n) is 2.71. The fourth-order valence-corrected chi connectivity index (χ4v) is 5.00. The van der Waals surface area contributed by atoms with Crippen molar-refractivity contribution in [1.29, 1.82) is 0 Å². The van der Waals surface area contributed by atoms with E-state index in [2.05, 4.69) is 15.5 Å². The molecule has 1 aliphatic rings. The van der Waals surface area contributed by atoms with Crippen LogP contribution in [0.25, 0.3) is 0 Å². The number of halogens is 2. The number of benzene rings is 1. The van der Waals surface area contributed by atoms with Crippen molar-refractivity contribution in [3.05, 3.63) is 39.8 Å². The maximum atomic E-state index is 13.6. The van der Waals surface area contributed by atoms with E-state index in [1.165, 1.54) is 4.31 Å². The summed E-state index contributed by atoms with van der Waals surface area (Å²) in [5, 5.41) is 10.4. The number of sulfonamides is 1. The molecule has 1 atom stereocenters. The van der Waals surface area contributed by atoms with Gasteiger partial charge in [-0.1, -0.05) is 11.3 Å². The summed E-state index contributed by atoms with van der Waals surface area (Å²) < 4.78 is 52.3. The highest BCUT2D eigenvalue weighted by molar-refractivity contribution is 7.89. The van der Waals surface area contributed by atoms with Crippen LogP contribution in [0.1, 0.15) is 40.6 Å². The molecule has 1 aliphatic heterocycles. The van der Waals surface area contributed by atoms with Gasteiger partial charge in [-0.2, -0.15) is 4.31 Å². The van der Waals surface area contributed by atoms with Crippen LogP contribution in [-0.2, 0) is 10.0 Å². The maximum absolute atomic E-state index is 13.6. The number of amides is 1. The predicted molar refractivity (Wildman–Crippen MR) is 92.4 cm³/mol. The Morgan fingerprint density at radius 1 is 1.38 bits per heavy atom. The smallest absolute Gasteiger partial charge is 0.286 e. The molecule has 1 fully saturated rings. The summed E-state index contributed by atoms with van der Waals surface area (Å²) in [7, 11) is -3.38. The highest BCUT2D eigenvalue weighted by Crippen LogP contribution is 2.35. The van der Waals surface area contributed by atoms with Gasteiger partial charge in [0.05, 0.1) is 17.5 Å². The van der Waals surface area contributed by atoms with Crippen LogP contribution in [-0.4, -0.2) is 41.1 Å². The van der Waals surface area contributed by atoms with E-state index in [4.69, 9.17) is 0 Å². The molecule has 26 heavy (non-hydrogen) atoms. The SMILES string of the molecule is CCS(=O)(=O)N1CCC[C@@H]1c1nnc(C(=O)Nc2ccc(F)cc2F)s1. The molecule has 7 nitrogen and oxygen atoms in total. The largest absolute Gasteiger partial charge is 0.317 e. The average molecular weight is 402 g/mol. The van der Waals surface area contributed by atoms with Gasteiger partial charge in [-0.05, 0) is 31.9 Å². The Kier molecular flexibility index (Phi) is 5.30. The number of hydrogen-bond donors (Lipinski definition) is 1. The average Bonchev–Trinajstić information content (AvgIpc) is 3.26. The van der Waals surface area contributed by atoms with Crippen molar-refractivity contribution in [1.82, 2.24) is 14.5 Å². The predicted octanol–water partition coefficient (Wildman–Crippen LogP) is 2.56. The molecular formula is C15H16F2N4O3S2. The third kappa shape index (κ3) is 3.74. The van der Waals surface area contributed by atoms with Gasteiger partial charge in [0.2, 0.25) is 15.0 Å². The van der Waals surface area contributed by atoms with Crippen LogP contribution in [0.3, 0.4) is 0 Å². The van der Waals surface area contributed by atoms with E-state index >= 15 is 0 Å². The van der Waals surface area contributed by atoms with Crippen molar-refractivity contribution >= 4 is 33.0 Å². The first kappa shape index (κ1) is 18.8. The standard InChI is InChI=1S/C15H16F2N4O3S2/c1-2-26(23,24)21-7-3-4-12(21)14-19-20-15(25-14)13(22)18-11-6-5-9(16)8-10(11)17/h5-6,8,12H,2-4,7H2,1H3,(H,18,22)/t12-/m1/s1. The van der Waals surface area contributed by atoms with Crippen LogP contribution in [0.2, 0.25) is 0 Å². The summed E-state index contributed by atoms with van der Waals surface area (Å²) in [5.74, 6) is -2.36. The van der Waals surface area contributed by atoms with Crippen molar-refractivity contribution in [2.24, 2.45) is 0 Å². The molecule has 0 saturated carbocycles. The summed E-state index contributed by atoms with van der Waals surface area (Å²) >= 11 is 0.960. The molecule has 1 aromatic carbocycles. The van der Waals surface area contributed by atoms with Gasteiger partial charge in [0.1, 0.15) is 16.6 Å². The Morgan fingerprint density at radius 3 is 2.85 bits per heavy atom. The third-order valence-electron chi connectivity index (χ3n) is 4.03. The molecule has 11 heteroatoms. The normalized spacial score (nSPS) is 18.2. The molecule has 140 valence electrons. The summed E-state index contributed by atoms with van der Waals surface area (Å²) in [6.45, 7) is 1.98. The number of nitrogens with one attached hydrogen (secondary N) is 1. The molecule has 1 aromatic heterocycles. The van der Waals surface area contributed by atoms with E-state index in [0.29, 0.717) is 30.5 Å². The fraction of sp³-hybridized carbons (Fsp3) is 0.400. The second kappa shape index (κ2) is 7.33. The number of carbonyl (C=O) groups excluding carboxylic acids is 1. The first-order valence-corrected chi connectivity index (χ1v) is 10.3. The van der Waals surface area contributed by atoms with Crippen molar-refractivity contribution < 1.29 is 22.0 Å². The van der Waals surface area contributed by atoms with E-state index in [-0.39, 0.29) is 16.4 Å². The second-order valence-corrected chi connectivity index (χ2v) is 8.91. The van der Waals surface area contributed by atoms with Gasteiger partial charge in [-0.25, -0.2) is 17.2 Å². The number of carbonyl (C=O) groups is 1. The first-order chi connectivity index (χ1) is 12.3. The molecule has 3 rings (SSSR count). The summed E-state index contributed by atoms with van der Waals surface area (Å²) in [6, 6.07) is 2.35. The molecule has 0 spiro atoms. The van der Waals surface area contributed by atoms with Crippen molar-refractivity contribution in [2.75, 3.05) is 17.6 Å². The van der Waals surface area contributed by atoms with E-state index in [0.717, 1.165) is 23.5 Å². The molecule has 2 heterocycles. The van der Waals surface area contributed by atoms with Gasteiger partial charge in [-0.3, -0.25) is 4.79 Å². The first-order valence-electron chi connectivity index (χ1n) is 7.91. The van der Waals surface area contributed by atoms with Crippen molar-refractivity contribution in [3.8, 4) is 0 Å². The van der Waals surface area contributed by atoms with E-state index in [1.807, 2.05) is 0 Å². The molecule has 0 radical (unpaired) electrons. The third-order valence-corrected chi connectivity index (χ3v) is 6.93. The topological polar surface area (TPSA) is 92.3 Å². The van der Waals surface area contributed by atoms with Crippen LogP contribution in [0, 0.1) is 11.6 Å². The van der Waals surface area contributed by atoms with Crippen LogP contribution >= 0.6 is 11.3 Å². The quantitative estimate of drug-likeness (QED) is 0.830. The maximum Gasteiger partial charge on any atom is 0.286 e. The lowest BCUT2D eigenvalue weighted by Gasteiger charge is -2.21. The van der Waals surface area contributed by atoms with E-state index in [1.54, 1.807) is 6.92 Å². The number of hydrogen-bond acceptors (Lipinski definition) is 6. The highest BCUT2D eigenvalue weighted by atomic mass is 32.2. The Hall–Kier alpha value is -1.98. The van der Waals surface area contributed by atoms with Gasteiger partial charge < -0.3 is 5.32 Å². The Balaban J connectivity index is 1.78. The van der Waals surface area contributed by atoms with Crippen LogP contribution in [0.5, 0.6) is 0 Å². The van der Waals surface area contributed by atoms with E-state index < -0.39 is 33.6 Å². The minimum atomic E-state index is -3.38. The zero-order valence-corrected chi connectivity index (χ0v) is 15.4. The number of nitrogens with zero attached hydrogens (tertiary/aromatic N) is 3. The number of rotatable bonds is 5. The van der Waals surface area contributed by atoms with Crippen LogP contribution < -0.4 is 5.32 Å². The molecule has 0 bridgehead atoms. The molecule has 1 N–H and O–H groups in total. The minimum Gasteiger partial charge on any atom is -0.317 e. The van der Waals surface area contributed by atoms with E-state index in [9.17, 15) is 22.0 Å². The highest BCUT2D eigenvalue weighted by Gasteiger charge is 2.36. The molecular weight excluding hydrogens is 386 g/mol. The summed E-state index contributed by atoms with van der Waals surface area (Å²) in [4.78, 5) is 12.2. The molecule has 0 unspecified atom stereocenters. The van der Waals surface area contributed by atoms with Crippen molar-refractivity contribution in [3.63, 3.8) is 0 Å². The van der Waals surface area contributed by atoms with Crippen molar-refractivity contribution in [2.45, 2.75) is 25.8 Å². The van der Waals surface area contributed by atoms with Crippen LogP contribution in [0.15, 0.2) is 18.2 Å².